The third-order valence-corrected chi connectivity index (χ3v) is 7.31. The van der Waals surface area contributed by atoms with E-state index < -0.39 is 5.25 Å². The van der Waals surface area contributed by atoms with E-state index >= 15 is 0 Å². The van der Waals surface area contributed by atoms with E-state index in [0.717, 1.165) is 20.7 Å². The maximum Gasteiger partial charge on any atom is 0.247 e. The first-order valence-corrected chi connectivity index (χ1v) is 11.9. The van der Waals surface area contributed by atoms with E-state index in [0.29, 0.717) is 17.8 Å². The first-order valence-electron chi connectivity index (χ1n) is 10.1. The molecule has 0 saturated carbocycles. The normalized spacial score (nSPS) is 16.1. The molecule has 6 nitrogen and oxygen atoms in total. The van der Waals surface area contributed by atoms with E-state index in [1.54, 1.807) is 17.4 Å². The molecule has 5 rings (SSSR count). The lowest BCUT2D eigenvalue weighted by atomic mass is 10.2. The molecule has 0 radical (unpaired) electrons. The number of carbonyl (C=O) groups is 3. The van der Waals surface area contributed by atoms with Gasteiger partial charge in [0.25, 0.3) is 0 Å². The fraction of sp³-hybridized carbons (Fsp3) is 0.125. The van der Waals surface area contributed by atoms with Gasteiger partial charge >= 0.3 is 0 Å². The average molecular weight is 462 g/mol. The fourth-order valence-electron chi connectivity index (χ4n) is 3.70. The number of amides is 3. The van der Waals surface area contributed by atoms with Crippen molar-refractivity contribution in [2.75, 3.05) is 10.2 Å². The largest absolute Gasteiger partial charge is 0.361 e. The van der Waals surface area contributed by atoms with Crippen LogP contribution in [-0.4, -0.2) is 28.0 Å². The van der Waals surface area contributed by atoms with Gasteiger partial charge in [0.2, 0.25) is 17.7 Å². The van der Waals surface area contributed by atoms with Gasteiger partial charge in [-0.3, -0.25) is 14.4 Å². The number of fused-ring (bicyclic) bond motifs is 1. The van der Waals surface area contributed by atoms with E-state index in [2.05, 4.69) is 10.3 Å². The molecule has 1 saturated heterocycles. The second kappa shape index (κ2) is 8.64. The van der Waals surface area contributed by atoms with Crippen LogP contribution in [0.3, 0.4) is 0 Å². The second-order valence-electron chi connectivity index (χ2n) is 7.46. The molecule has 0 bridgehead atoms. The van der Waals surface area contributed by atoms with Crippen molar-refractivity contribution in [3.05, 3.63) is 77.1 Å². The van der Waals surface area contributed by atoms with Crippen LogP contribution in [0.1, 0.15) is 11.3 Å². The highest BCUT2D eigenvalue weighted by Crippen LogP contribution is 2.35. The van der Waals surface area contributed by atoms with Crippen molar-refractivity contribution in [1.29, 1.82) is 0 Å². The minimum absolute atomic E-state index is 0.0703. The summed E-state index contributed by atoms with van der Waals surface area (Å²) < 4.78 is 0. The van der Waals surface area contributed by atoms with E-state index in [1.165, 1.54) is 16.7 Å². The summed E-state index contributed by atoms with van der Waals surface area (Å²) in [7, 11) is 0. The number of thioether (sulfide) groups is 1. The van der Waals surface area contributed by atoms with Gasteiger partial charge in [-0.2, -0.15) is 0 Å². The van der Waals surface area contributed by atoms with Gasteiger partial charge in [-0.05, 0) is 59.3 Å². The summed E-state index contributed by atoms with van der Waals surface area (Å²) in [6.07, 6.45) is 2.33. The Kier molecular flexibility index (Phi) is 5.55. The number of aromatic nitrogens is 1. The molecular formula is C24H19N3O3S2. The first-order chi connectivity index (χ1) is 15.6. The molecule has 0 spiro atoms. The van der Waals surface area contributed by atoms with Crippen LogP contribution in [0.15, 0.2) is 77.1 Å². The number of anilines is 2. The summed E-state index contributed by atoms with van der Waals surface area (Å²) in [6, 6.07) is 18.7. The smallest absolute Gasteiger partial charge is 0.247 e. The monoisotopic (exact) mass is 461 g/mol. The maximum absolute atomic E-state index is 13.0. The molecule has 4 aromatic rings. The molecule has 2 aromatic heterocycles. The van der Waals surface area contributed by atoms with Gasteiger partial charge in [0.15, 0.2) is 0 Å². The summed E-state index contributed by atoms with van der Waals surface area (Å²) in [4.78, 5) is 44.0. The summed E-state index contributed by atoms with van der Waals surface area (Å²) in [6.45, 7) is 0. The molecule has 1 aliphatic rings. The molecule has 3 heterocycles. The number of thiophene rings is 1. The first kappa shape index (κ1) is 20.5. The van der Waals surface area contributed by atoms with Gasteiger partial charge in [0.1, 0.15) is 0 Å². The molecule has 1 aliphatic heterocycles. The predicted octanol–water partition coefficient (Wildman–Crippen LogP) is 4.83. The molecular weight excluding hydrogens is 442 g/mol. The number of rotatable bonds is 6. The summed E-state index contributed by atoms with van der Waals surface area (Å²) >= 11 is 2.92. The number of nitrogens with one attached hydrogen (secondary N) is 2. The Hall–Kier alpha value is -3.36. The highest BCUT2D eigenvalue weighted by Gasteiger charge is 2.40. The van der Waals surface area contributed by atoms with Crippen LogP contribution in [0.5, 0.6) is 0 Å². The van der Waals surface area contributed by atoms with Crippen LogP contribution in [0.2, 0.25) is 0 Å². The molecule has 0 aliphatic carbocycles. The van der Waals surface area contributed by atoms with Crippen molar-refractivity contribution in [3.8, 4) is 0 Å². The van der Waals surface area contributed by atoms with Crippen LogP contribution in [0.4, 0.5) is 11.4 Å². The Balaban J connectivity index is 1.23. The van der Waals surface area contributed by atoms with Gasteiger partial charge in [-0.1, -0.05) is 12.1 Å². The standard InChI is InChI=1S/C24H19N3O3S2/c28-22(13-19-2-1-11-31-19)26-16-4-7-18(8-5-16)32-21-14-23(29)27(24(21)30)17-6-3-15-9-10-25-20(15)12-17/h1-12,21,25H,13-14H2,(H,26,28). The van der Waals surface area contributed by atoms with E-state index in [4.69, 9.17) is 0 Å². The number of benzene rings is 2. The summed E-state index contributed by atoms with van der Waals surface area (Å²) in [5.74, 6) is -0.478. The van der Waals surface area contributed by atoms with Gasteiger partial charge in [-0.15, -0.1) is 23.1 Å². The lowest BCUT2D eigenvalue weighted by Crippen LogP contribution is -2.31. The Morgan fingerprint density at radius 2 is 1.97 bits per heavy atom. The Morgan fingerprint density at radius 1 is 1.12 bits per heavy atom. The Morgan fingerprint density at radius 3 is 2.75 bits per heavy atom. The van der Waals surface area contributed by atoms with Crippen LogP contribution < -0.4 is 10.2 Å². The minimum Gasteiger partial charge on any atom is -0.361 e. The van der Waals surface area contributed by atoms with E-state index in [-0.39, 0.29) is 24.1 Å². The zero-order valence-electron chi connectivity index (χ0n) is 16.9. The molecule has 3 amide bonds. The minimum atomic E-state index is -0.471. The topological polar surface area (TPSA) is 82.3 Å². The number of carbonyl (C=O) groups excluding carboxylic acids is 3. The van der Waals surface area contributed by atoms with Crippen molar-refractivity contribution < 1.29 is 14.4 Å². The molecule has 2 aromatic carbocycles. The zero-order chi connectivity index (χ0) is 22.1. The number of imide groups is 1. The number of aromatic amines is 1. The van der Waals surface area contributed by atoms with E-state index in [1.807, 2.05) is 66.2 Å². The molecule has 160 valence electrons. The summed E-state index contributed by atoms with van der Waals surface area (Å²) in [5, 5.41) is 5.39. The number of H-pyrrole nitrogens is 1. The van der Waals surface area contributed by atoms with Crippen molar-refractivity contribution in [2.45, 2.75) is 23.0 Å². The fourth-order valence-corrected chi connectivity index (χ4v) is 5.46. The number of nitrogens with zero attached hydrogens (tertiary/aromatic N) is 1. The third-order valence-electron chi connectivity index (χ3n) is 5.23. The lowest BCUT2D eigenvalue weighted by Gasteiger charge is -2.15. The Bertz CT molecular complexity index is 1300. The van der Waals surface area contributed by atoms with Crippen LogP contribution in [-0.2, 0) is 20.8 Å². The molecule has 32 heavy (non-hydrogen) atoms. The molecule has 1 unspecified atom stereocenters. The quantitative estimate of drug-likeness (QED) is 0.403. The van der Waals surface area contributed by atoms with Gasteiger partial charge in [0.05, 0.1) is 17.4 Å². The van der Waals surface area contributed by atoms with Gasteiger partial charge in [-0.25, -0.2) is 4.90 Å². The number of hydrogen-bond acceptors (Lipinski definition) is 5. The summed E-state index contributed by atoms with van der Waals surface area (Å²) in [5.41, 5.74) is 2.17. The highest BCUT2D eigenvalue weighted by molar-refractivity contribution is 8.00. The van der Waals surface area contributed by atoms with Gasteiger partial charge in [0, 0.05) is 33.6 Å². The zero-order valence-corrected chi connectivity index (χ0v) is 18.5. The highest BCUT2D eigenvalue weighted by atomic mass is 32.2. The SMILES string of the molecule is O=C(Cc1cccs1)Nc1ccc(SC2CC(=O)N(c3ccc4cc[nH]c4c3)C2=O)cc1. The average Bonchev–Trinajstić information content (AvgIpc) is 3.51. The Labute approximate surface area is 192 Å². The van der Waals surface area contributed by atoms with Gasteiger partial charge < -0.3 is 10.3 Å². The predicted molar refractivity (Wildman–Crippen MR) is 128 cm³/mol. The third kappa shape index (κ3) is 4.19. The molecule has 1 fully saturated rings. The van der Waals surface area contributed by atoms with Crippen LogP contribution >= 0.6 is 23.1 Å². The maximum atomic E-state index is 13.0. The second-order valence-corrected chi connectivity index (χ2v) is 9.76. The number of hydrogen-bond donors (Lipinski definition) is 2. The van der Waals surface area contributed by atoms with Crippen molar-refractivity contribution >= 4 is 63.1 Å². The van der Waals surface area contributed by atoms with Crippen LogP contribution in [0.25, 0.3) is 10.9 Å². The van der Waals surface area contributed by atoms with Crippen molar-refractivity contribution in [3.63, 3.8) is 0 Å². The van der Waals surface area contributed by atoms with Crippen molar-refractivity contribution in [1.82, 2.24) is 4.98 Å². The lowest BCUT2D eigenvalue weighted by molar-refractivity contribution is -0.121. The molecule has 2 N–H and O–H groups in total. The van der Waals surface area contributed by atoms with Crippen LogP contribution in [0, 0.1) is 0 Å². The molecule has 1 atom stereocenters. The van der Waals surface area contributed by atoms with Crippen molar-refractivity contribution in [2.24, 2.45) is 0 Å². The molecule has 8 heteroatoms. The van der Waals surface area contributed by atoms with E-state index in [9.17, 15) is 14.4 Å².